The van der Waals surface area contributed by atoms with E-state index in [4.69, 9.17) is 0 Å². The lowest BCUT2D eigenvalue weighted by molar-refractivity contribution is -0.122. The summed E-state index contributed by atoms with van der Waals surface area (Å²) in [5, 5.41) is 4.61. The first kappa shape index (κ1) is 15.7. The van der Waals surface area contributed by atoms with Gasteiger partial charge in [0.15, 0.2) is 0 Å². The van der Waals surface area contributed by atoms with Gasteiger partial charge in [-0.1, -0.05) is 43.7 Å². The fourth-order valence-corrected chi connectivity index (χ4v) is 4.60. The second-order valence-corrected chi connectivity index (χ2v) is 7.85. The SMILES string of the molecule is Cc1ccc2[nH]c3c(c2c1)CC(NC(=O)CCC1CCCCC1)C3. The maximum absolute atomic E-state index is 12.3. The number of carbonyl (C=O) groups is 1. The van der Waals surface area contributed by atoms with Crippen LogP contribution in [-0.4, -0.2) is 16.9 Å². The first-order chi connectivity index (χ1) is 11.7. The molecule has 128 valence electrons. The fraction of sp³-hybridized carbons (Fsp3) is 0.571. The molecule has 2 aliphatic rings. The van der Waals surface area contributed by atoms with E-state index >= 15 is 0 Å². The van der Waals surface area contributed by atoms with Crippen molar-refractivity contribution in [3.8, 4) is 0 Å². The van der Waals surface area contributed by atoms with Crippen LogP contribution in [0.25, 0.3) is 10.9 Å². The molecule has 1 unspecified atom stereocenters. The maximum Gasteiger partial charge on any atom is 0.220 e. The number of carbonyl (C=O) groups excluding carboxylic acids is 1. The highest BCUT2D eigenvalue weighted by Crippen LogP contribution is 2.31. The lowest BCUT2D eigenvalue weighted by Gasteiger charge is -2.21. The Morgan fingerprint density at radius 2 is 2.04 bits per heavy atom. The highest BCUT2D eigenvalue weighted by molar-refractivity contribution is 5.86. The van der Waals surface area contributed by atoms with Crippen LogP contribution in [0.15, 0.2) is 18.2 Å². The van der Waals surface area contributed by atoms with Crippen LogP contribution >= 0.6 is 0 Å². The van der Waals surface area contributed by atoms with E-state index in [2.05, 4.69) is 35.4 Å². The standard InChI is InChI=1S/C21H28N2O/c1-14-7-9-19-17(11-14)18-12-16(13-20(18)23-19)22-21(24)10-8-15-5-3-2-4-6-15/h7,9,11,15-16,23H,2-6,8,10,12-13H2,1H3,(H,22,24). The normalized spacial score (nSPS) is 21.1. The number of amides is 1. The highest BCUT2D eigenvalue weighted by atomic mass is 16.1. The molecule has 0 aliphatic heterocycles. The summed E-state index contributed by atoms with van der Waals surface area (Å²) >= 11 is 0. The predicted octanol–water partition coefficient (Wildman–Crippen LogP) is 4.42. The lowest BCUT2D eigenvalue weighted by atomic mass is 9.86. The number of fused-ring (bicyclic) bond motifs is 3. The first-order valence-electron chi connectivity index (χ1n) is 9.58. The minimum Gasteiger partial charge on any atom is -0.358 e. The van der Waals surface area contributed by atoms with E-state index in [9.17, 15) is 4.79 Å². The van der Waals surface area contributed by atoms with Crippen molar-refractivity contribution in [2.45, 2.75) is 70.8 Å². The van der Waals surface area contributed by atoms with Gasteiger partial charge in [0.1, 0.15) is 0 Å². The molecule has 1 fully saturated rings. The summed E-state index contributed by atoms with van der Waals surface area (Å²) in [6.45, 7) is 2.14. The third kappa shape index (κ3) is 3.22. The molecule has 2 aromatic rings. The van der Waals surface area contributed by atoms with Gasteiger partial charge in [0.05, 0.1) is 0 Å². The molecule has 0 radical (unpaired) electrons. The Hall–Kier alpha value is -1.77. The summed E-state index contributed by atoms with van der Waals surface area (Å²) < 4.78 is 0. The molecular weight excluding hydrogens is 296 g/mol. The van der Waals surface area contributed by atoms with Gasteiger partial charge in [0, 0.05) is 35.5 Å². The third-order valence-electron chi connectivity index (χ3n) is 5.92. The maximum atomic E-state index is 12.3. The second-order valence-electron chi connectivity index (χ2n) is 7.85. The smallest absolute Gasteiger partial charge is 0.220 e. The number of hydrogen-bond acceptors (Lipinski definition) is 1. The van der Waals surface area contributed by atoms with Gasteiger partial charge in [0.2, 0.25) is 5.91 Å². The topological polar surface area (TPSA) is 44.9 Å². The zero-order valence-corrected chi connectivity index (χ0v) is 14.7. The molecule has 2 aliphatic carbocycles. The Labute approximate surface area is 144 Å². The Bertz CT molecular complexity index is 740. The molecule has 0 spiro atoms. The highest BCUT2D eigenvalue weighted by Gasteiger charge is 2.26. The third-order valence-corrected chi connectivity index (χ3v) is 5.92. The molecule has 1 amide bonds. The van der Waals surface area contributed by atoms with Crippen LogP contribution in [0.5, 0.6) is 0 Å². The van der Waals surface area contributed by atoms with Gasteiger partial charge >= 0.3 is 0 Å². The van der Waals surface area contributed by atoms with E-state index in [0.717, 1.165) is 25.2 Å². The summed E-state index contributed by atoms with van der Waals surface area (Å²) in [6, 6.07) is 6.85. The Balaban J connectivity index is 1.33. The van der Waals surface area contributed by atoms with Gasteiger partial charge in [-0.2, -0.15) is 0 Å². The number of aromatic nitrogens is 1. The number of H-pyrrole nitrogens is 1. The fourth-order valence-electron chi connectivity index (χ4n) is 4.60. The number of aromatic amines is 1. The largest absolute Gasteiger partial charge is 0.358 e. The van der Waals surface area contributed by atoms with Crippen molar-refractivity contribution in [3.63, 3.8) is 0 Å². The number of hydrogen-bond donors (Lipinski definition) is 2. The van der Waals surface area contributed by atoms with Crippen molar-refractivity contribution < 1.29 is 4.79 Å². The molecule has 4 rings (SSSR count). The molecule has 1 saturated carbocycles. The van der Waals surface area contributed by atoms with Crippen LogP contribution in [0.1, 0.15) is 61.8 Å². The summed E-state index contributed by atoms with van der Waals surface area (Å²) in [7, 11) is 0. The summed E-state index contributed by atoms with van der Waals surface area (Å²) in [4.78, 5) is 15.8. The summed E-state index contributed by atoms with van der Waals surface area (Å²) in [5.74, 6) is 1.03. The molecule has 3 nitrogen and oxygen atoms in total. The monoisotopic (exact) mass is 324 g/mol. The minimum atomic E-state index is 0.246. The number of rotatable bonds is 4. The van der Waals surface area contributed by atoms with Crippen molar-refractivity contribution >= 4 is 16.8 Å². The van der Waals surface area contributed by atoms with Gasteiger partial charge in [-0.15, -0.1) is 0 Å². The zero-order valence-electron chi connectivity index (χ0n) is 14.7. The zero-order chi connectivity index (χ0) is 16.5. The van der Waals surface area contributed by atoms with Crippen molar-refractivity contribution in [2.24, 2.45) is 5.92 Å². The average Bonchev–Trinajstić information content (AvgIpc) is 3.11. The van der Waals surface area contributed by atoms with E-state index in [1.807, 2.05) is 0 Å². The van der Waals surface area contributed by atoms with Gasteiger partial charge < -0.3 is 10.3 Å². The summed E-state index contributed by atoms with van der Waals surface area (Å²) in [5.41, 5.74) is 5.25. The molecule has 1 heterocycles. The van der Waals surface area contributed by atoms with Gasteiger partial charge in [-0.3, -0.25) is 4.79 Å². The molecular formula is C21H28N2O. The predicted molar refractivity (Wildman–Crippen MR) is 98.2 cm³/mol. The van der Waals surface area contributed by atoms with Crippen LogP contribution in [0.2, 0.25) is 0 Å². The van der Waals surface area contributed by atoms with Gasteiger partial charge in [-0.25, -0.2) is 0 Å². The summed E-state index contributed by atoms with van der Waals surface area (Å²) in [6.07, 6.45) is 10.4. The number of benzene rings is 1. The lowest BCUT2D eigenvalue weighted by Crippen LogP contribution is -2.35. The van der Waals surface area contributed by atoms with Crippen LogP contribution in [0.3, 0.4) is 0 Å². The molecule has 2 N–H and O–H groups in total. The Morgan fingerprint density at radius 3 is 2.88 bits per heavy atom. The van der Waals surface area contributed by atoms with E-state index in [0.29, 0.717) is 6.42 Å². The second kappa shape index (κ2) is 6.62. The van der Waals surface area contributed by atoms with Crippen LogP contribution in [-0.2, 0) is 17.6 Å². The van der Waals surface area contributed by atoms with Crippen molar-refractivity contribution in [1.82, 2.24) is 10.3 Å². The van der Waals surface area contributed by atoms with Crippen LogP contribution < -0.4 is 5.32 Å². The van der Waals surface area contributed by atoms with E-state index < -0.39 is 0 Å². The van der Waals surface area contributed by atoms with Crippen molar-refractivity contribution in [3.05, 3.63) is 35.0 Å². The molecule has 1 aromatic carbocycles. The molecule has 1 atom stereocenters. The Kier molecular flexibility index (Phi) is 4.34. The molecule has 3 heteroatoms. The van der Waals surface area contributed by atoms with Crippen LogP contribution in [0.4, 0.5) is 0 Å². The molecule has 1 aromatic heterocycles. The van der Waals surface area contributed by atoms with E-state index in [-0.39, 0.29) is 11.9 Å². The number of nitrogens with one attached hydrogen (secondary N) is 2. The van der Waals surface area contributed by atoms with E-state index in [1.165, 1.54) is 59.8 Å². The van der Waals surface area contributed by atoms with Gasteiger partial charge in [-0.05, 0) is 43.4 Å². The van der Waals surface area contributed by atoms with E-state index in [1.54, 1.807) is 0 Å². The molecule has 0 saturated heterocycles. The quantitative estimate of drug-likeness (QED) is 0.859. The number of aryl methyl sites for hydroxylation is 1. The van der Waals surface area contributed by atoms with Crippen molar-refractivity contribution in [1.29, 1.82) is 0 Å². The van der Waals surface area contributed by atoms with Crippen LogP contribution in [0, 0.1) is 12.8 Å². The Morgan fingerprint density at radius 1 is 1.21 bits per heavy atom. The minimum absolute atomic E-state index is 0.246. The molecule has 0 bridgehead atoms. The molecule has 24 heavy (non-hydrogen) atoms. The average molecular weight is 324 g/mol. The first-order valence-corrected chi connectivity index (χ1v) is 9.58. The van der Waals surface area contributed by atoms with Crippen molar-refractivity contribution in [2.75, 3.05) is 0 Å². The van der Waals surface area contributed by atoms with Gasteiger partial charge in [0.25, 0.3) is 0 Å².